The Bertz CT molecular complexity index is 398. The minimum absolute atomic E-state index is 0.143. The maximum Gasteiger partial charge on any atom is 0.307 e. The molecule has 0 saturated heterocycles. The van der Waals surface area contributed by atoms with Crippen molar-refractivity contribution >= 4 is 5.97 Å². The molecule has 2 unspecified atom stereocenters. The summed E-state index contributed by atoms with van der Waals surface area (Å²) >= 11 is 0. The minimum atomic E-state index is -0.694. The molecular weight excluding hydrogens is 204 g/mol. The van der Waals surface area contributed by atoms with Crippen molar-refractivity contribution in [2.45, 2.75) is 32.3 Å². The fourth-order valence-corrected chi connectivity index (χ4v) is 1.93. The number of benzene rings is 1. The van der Waals surface area contributed by atoms with Gasteiger partial charge in [-0.3, -0.25) is 4.79 Å². The number of rotatable bonds is 4. The second kappa shape index (κ2) is 4.16. The van der Waals surface area contributed by atoms with Gasteiger partial charge in [-0.15, -0.1) is 0 Å². The molecule has 0 heterocycles. The molecule has 1 saturated carbocycles. The normalized spacial score (nSPS) is 23.2. The van der Waals surface area contributed by atoms with Crippen LogP contribution in [0.1, 0.15) is 31.7 Å². The minimum Gasteiger partial charge on any atom is -0.491 e. The predicted octanol–water partition coefficient (Wildman–Crippen LogP) is 2.66. The Morgan fingerprint density at radius 2 is 2.25 bits per heavy atom. The third-order valence-electron chi connectivity index (χ3n) is 2.77. The van der Waals surface area contributed by atoms with Crippen LogP contribution in [-0.4, -0.2) is 17.2 Å². The molecule has 1 aromatic rings. The molecule has 0 bridgehead atoms. The zero-order chi connectivity index (χ0) is 11.7. The van der Waals surface area contributed by atoms with Gasteiger partial charge >= 0.3 is 5.97 Å². The lowest BCUT2D eigenvalue weighted by Gasteiger charge is -2.10. The Morgan fingerprint density at radius 1 is 1.50 bits per heavy atom. The lowest BCUT2D eigenvalue weighted by Crippen LogP contribution is -2.05. The lowest BCUT2D eigenvalue weighted by molar-refractivity contribution is -0.138. The summed E-state index contributed by atoms with van der Waals surface area (Å²) in [6.07, 6.45) is 0.894. The molecule has 1 aromatic carbocycles. The van der Waals surface area contributed by atoms with Crippen LogP contribution in [-0.2, 0) is 4.79 Å². The summed E-state index contributed by atoms with van der Waals surface area (Å²) in [5.41, 5.74) is 1.07. The van der Waals surface area contributed by atoms with Gasteiger partial charge in [-0.25, -0.2) is 0 Å². The first-order valence-electron chi connectivity index (χ1n) is 5.57. The van der Waals surface area contributed by atoms with Gasteiger partial charge in [0, 0.05) is 0 Å². The van der Waals surface area contributed by atoms with Crippen LogP contribution in [0.2, 0.25) is 0 Å². The highest BCUT2D eigenvalue weighted by molar-refractivity contribution is 5.75. The standard InChI is InChI=1S/C13H16O3/c1-8(2)16-10-5-3-4-9(6-10)11-7-12(11)13(14)15/h3-6,8,11-12H,7H2,1-2H3,(H,14,15). The first-order valence-corrected chi connectivity index (χ1v) is 5.57. The van der Waals surface area contributed by atoms with E-state index in [0.29, 0.717) is 0 Å². The van der Waals surface area contributed by atoms with Crippen LogP contribution < -0.4 is 4.74 Å². The van der Waals surface area contributed by atoms with Gasteiger partial charge in [0.05, 0.1) is 12.0 Å². The van der Waals surface area contributed by atoms with Gasteiger partial charge in [-0.2, -0.15) is 0 Å². The van der Waals surface area contributed by atoms with Gasteiger partial charge in [0.25, 0.3) is 0 Å². The number of aliphatic carboxylic acids is 1. The number of carboxylic acid groups (broad SMARTS) is 1. The molecule has 86 valence electrons. The number of carboxylic acids is 1. The molecule has 1 fully saturated rings. The molecule has 0 aromatic heterocycles. The van der Waals surface area contributed by atoms with Gasteiger partial charge in [-0.1, -0.05) is 12.1 Å². The molecule has 1 aliphatic rings. The van der Waals surface area contributed by atoms with Gasteiger partial charge in [0.2, 0.25) is 0 Å². The zero-order valence-corrected chi connectivity index (χ0v) is 9.51. The fraction of sp³-hybridized carbons (Fsp3) is 0.462. The van der Waals surface area contributed by atoms with Crippen LogP contribution in [0.5, 0.6) is 5.75 Å². The Kier molecular flexibility index (Phi) is 2.86. The highest BCUT2D eigenvalue weighted by Gasteiger charge is 2.44. The second-order valence-electron chi connectivity index (χ2n) is 4.53. The first-order chi connectivity index (χ1) is 7.58. The average Bonchev–Trinajstić information content (AvgIpc) is 2.96. The van der Waals surface area contributed by atoms with E-state index in [2.05, 4.69) is 0 Å². The molecule has 0 spiro atoms. The summed E-state index contributed by atoms with van der Waals surface area (Å²) in [5, 5.41) is 8.87. The molecule has 3 heteroatoms. The Labute approximate surface area is 95.0 Å². The zero-order valence-electron chi connectivity index (χ0n) is 9.51. The molecule has 0 radical (unpaired) electrons. The van der Waals surface area contributed by atoms with E-state index < -0.39 is 5.97 Å². The smallest absolute Gasteiger partial charge is 0.307 e. The largest absolute Gasteiger partial charge is 0.491 e. The summed E-state index contributed by atoms with van der Waals surface area (Å²) in [6.45, 7) is 3.95. The summed E-state index contributed by atoms with van der Waals surface area (Å²) in [7, 11) is 0. The van der Waals surface area contributed by atoms with E-state index in [0.717, 1.165) is 17.7 Å². The first kappa shape index (κ1) is 11.0. The lowest BCUT2D eigenvalue weighted by atomic mass is 10.1. The molecule has 1 N–H and O–H groups in total. The quantitative estimate of drug-likeness (QED) is 0.848. The third-order valence-corrected chi connectivity index (χ3v) is 2.77. The van der Waals surface area contributed by atoms with Gasteiger partial charge in [-0.05, 0) is 43.9 Å². The maximum absolute atomic E-state index is 10.8. The van der Waals surface area contributed by atoms with E-state index in [-0.39, 0.29) is 17.9 Å². The molecule has 3 nitrogen and oxygen atoms in total. The summed E-state index contributed by atoms with van der Waals surface area (Å²) in [4.78, 5) is 10.8. The van der Waals surface area contributed by atoms with Crippen molar-refractivity contribution in [2.75, 3.05) is 0 Å². The molecule has 2 atom stereocenters. The highest BCUT2D eigenvalue weighted by atomic mass is 16.5. The van der Waals surface area contributed by atoms with Crippen molar-refractivity contribution < 1.29 is 14.6 Å². The second-order valence-corrected chi connectivity index (χ2v) is 4.53. The van der Waals surface area contributed by atoms with Crippen LogP contribution >= 0.6 is 0 Å². The number of ether oxygens (including phenoxy) is 1. The van der Waals surface area contributed by atoms with Gasteiger partial charge in [0.1, 0.15) is 5.75 Å². The highest BCUT2D eigenvalue weighted by Crippen LogP contribution is 2.48. The van der Waals surface area contributed by atoms with E-state index in [9.17, 15) is 4.79 Å². The van der Waals surface area contributed by atoms with Crippen molar-refractivity contribution in [1.82, 2.24) is 0 Å². The number of carbonyl (C=O) groups is 1. The molecular formula is C13H16O3. The third kappa shape index (κ3) is 2.35. The Balaban J connectivity index is 2.09. The topological polar surface area (TPSA) is 46.5 Å². The van der Waals surface area contributed by atoms with Crippen molar-refractivity contribution in [3.63, 3.8) is 0 Å². The van der Waals surface area contributed by atoms with Crippen LogP contribution in [0.4, 0.5) is 0 Å². The molecule has 1 aliphatic carbocycles. The van der Waals surface area contributed by atoms with Crippen molar-refractivity contribution in [2.24, 2.45) is 5.92 Å². The Hall–Kier alpha value is -1.51. The number of hydrogen-bond donors (Lipinski definition) is 1. The van der Waals surface area contributed by atoms with Crippen LogP contribution in [0.15, 0.2) is 24.3 Å². The van der Waals surface area contributed by atoms with E-state index in [1.54, 1.807) is 0 Å². The van der Waals surface area contributed by atoms with Crippen molar-refractivity contribution in [3.8, 4) is 5.75 Å². The van der Waals surface area contributed by atoms with E-state index in [1.807, 2.05) is 38.1 Å². The SMILES string of the molecule is CC(C)Oc1cccc(C2CC2C(=O)O)c1. The monoisotopic (exact) mass is 220 g/mol. The van der Waals surface area contributed by atoms with Crippen LogP contribution in [0.25, 0.3) is 0 Å². The average molecular weight is 220 g/mol. The molecule has 16 heavy (non-hydrogen) atoms. The van der Waals surface area contributed by atoms with E-state index in [4.69, 9.17) is 9.84 Å². The Morgan fingerprint density at radius 3 is 2.81 bits per heavy atom. The number of hydrogen-bond acceptors (Lipinski definition) is 2. The molecule has 2 rings (SSSR count). The summed E-state index contributed by atoms with van der Waals surface area (Å²) < 4.78 is 5.58. The van der Waals surface area contributed by atoms with Crippen molar-refractivity contribution in [1.29, 1.82) is 0 Å². The fourth-order valence-electron chi connectivity index (χ4n) is 1.93. The van der Waals surface area contributed by atoms with Crippen molar-refractivity contribution in [3.05, 3.63) is 29.8 Å². The summed E-state index contributed by atoms with van der Waals surface area (Å²) in [5.74, 6) is 0.103. The van der Waals surface area contributed by atoms with Crippen LogP contribution in [0.3, 0.4) is 0 Å². The maximum atomic E-state index is 10.8. The van der Waals surface area contributed by atoms with E-state index in [1.165, 1.54) is 0 Å². The summed E-state index contributed by atoms with van der Waals surface area (Å²) in [6, 6.07) is 7.75. The van der Waals surface area contributed by atoms with Crippen LogP contribution in [0, 0.1) is 5.92 Å². The molecule has 0 amide bonds. The predicted molar refractivity (Wildman–Crippen MR) is 60.7 cm³/mol. The van der Waals surface area contributed by atoms with Gasteiger partial charge < -0.3 is 9.84 Å². The molecule has 0 aliphatic heterocycles. The van der Waals surface area contributed by atoms with E-state index >= 15 is 0 Å². The van der Waals surface area contributed by atoms with Gasteiger partial charge in [0.15, 0.2) is 0 Å².